The molecule has 28 heavy (non-hydrogen) atoms. The molecule has 2 N–H and O–H groups in total. The van der Waals surface area contributed by atoms with E-state index < -0.39 is 0 Å². The summed E-state index contributed by atoms with van der Waals surface area (Å²) in [6.45, 7) is 9.23. The summed E-state index contributed by atoms with van der Waals surface area (Å²) < 4.78 is 16.7. The molecule has 0 heterocycles. The Kier molecular flexibility index (Phi) is 13.3. The van der Waals surface area contributed by atoms with Crippen LogP contribution in [0.1, 0.15) is 37.3 Å². The van der Waals surface area contributed by atoms with Crippen molar-refractivity contribution in [2.24, 2.45) is 10.9 Å². The van der Waals surface area contributed by atoms with E-state index in [1.807, 2.05) is 0 Å². The Bertz CT molecular complexity index is 580. The number of nitrogens with one attached hydrogen (secondary N) is 2. The molecule has 7 heteroatoms. The lowest BCUT2D eigenvalue weighted by Gasteiger charge is -2.14. The zero-order chi connectivity index (χ0) is 19.3. The number of benzene rings is 1. The van der Waals surface area contributed by atoms with E-state index in [0.29, 0.717) is 26.4 Å². The van der Waals surface area contributed by atoms with Gasteiger partial charge in [-0.1, -0.05) is 12.1 Å². The number of guanidine groups is 1. The van der Waals surface area contributed by atoms with E-state index >= 15 is 0 Å². The minimum Gasteiger partial charge on any atom is -0.493 e. The van der Waals surface area contributed by atoms with Gasteiger partial charge in [0.1, 0.15) is 5.75 Å². The van der Waals surface area contributed by atoms with E-state index in [0.717, 1.165) is 49.3 Å². The molecule has 1 aromatic carbocycles. The van der Waals surface area contributed by atoms with Crippen molar-refractivity contribution in [3.05, 3.63) is 29.3 Å². The van der Waals surface area contributed by atoms with E-state index in [2.05, 4.69) is 42.7 Å². The molecule has 1 aliphatic rings. The van der Waals surface area contributed by atoms with Crippen LogP contribution in [0.3, 0.4) is 0 Å². The van der Waals surface area contributed by atoms with Crippen molar-refractivity contribution < 1.29 is 14.2 Å². The molecule has 0 radical (unpaired) electrons. The Balaban J connectivity index is 0.00000392. The maximum absolute atomic E-state index is 5.94. The molecule has 1 saturated carbocycles. The average molecular weight is 505 g/mol. The normalized spacial score (nSPS) is 13.8. The molecule has 2 rings (SSSR count). The summed E-state index contributed by atoms with van der Waals surface area (Å²) in [4.78, 5) is 4.70. The third-order valence-electron chi connectivity index (χ3n) is 4.31. The first-order chi connectivity index (χ1) is 13.2. The first-order valence-electron chi connectivity index (χ1n) is 10.0. The average Bonchev–Trinajstić information content (AvgIpc) is 3.48. The molecule has 0 aliphatic heterocycles. The van der Waals surface area contributed by atoms with E-state index in [4.69, 9.17) is 19.2 Å². The van der Waals surface area contributed by atoms with Crippen molar-refractivity contribution in [1.82, 2.24) is 10.6 Å². The predicted octanol–water partition coefficient (Wildman–Crippen LogP) is 3.51. The standard InChI is InChI=1S/C21H35N3O3.HI/c1-4-22-21(23-10-13-26-16-18-7-8-18)24-15-19-9-6-17(2)14-20(19)27-12-5-11-25-3;/h6,9,14,18H,4-5,7-8,10-13,15-16H2,1-3H3,(H2,22,23,24);1H. The third-order valence-corrected chi connectivity index (χ3v) is 4.31. The fourth-order valence-corrected chi connectivity index (χ4v) is 2.59. The molecule has 0 unspecified atom stereocenters. The van der Waals surface area contributed by atoms with E-state index in [9.17, 15) is 0 Å². The number of aryl methyl sites for hydroxylation is 1. The van der Waals surface area contributed by atoms with Gasteiger partial charge in [-0.2, -0.15) is 0 Å². The Hall–Kier alpha value is -1.06. The maximum atomic E-state index is 5.94. The van der Waals surface area contributed by atoms with Crippen molar-refractivity contribution in [1.29, 1.82) is 0 Å². The zero-order valence-corrected chi connectivity index (χ0v) is 19.8. The summed E-state index contributed by atoms with van der Waals surface area (Å²) in [5.74, 6) is 2.51. The lowest BCUT2D eigenvalue weighted by Crippen LogP contribution is -2.39. The van der Waals surface area contributed by atoms with Gasteiger partial charge in [-0.3, -0.25) is 0 Å². The molecular weight excluding hydrogens is 469 g/mol. The number of nitrogens with zero attached hydrogens (tertiary/aromatic N) is 1. The summed E-state index contributed by atoms with van der Waals surface area (Å²) >= 11 is 0. The van der Waals surface area contributed by atoms with Crippen molar-refractivity contribution >= 4 is 29.9 Å². The molecule has 1 aliphatic carbocycles. The quantitative estimate of drug-likeness (QED) is 0.186. The van der Waals surface area contributed by atoms with Crippen LogP contribution < -0.4 is 15.4 Å². The molecule has 0 atom stereocenters. The Morgan fingerprint density at radius 2 is 2.00 bits per heavy atom. The smallest absolute Gasteiger partial charge is 0.191 e. The highest BCUT2D eigenvalue weighted by Crippen LogP contribution is 2.28. The number of aliphatic imine (C=N–C) groups is 1. The van der Waals surface area contributed by atoms with Crippen LogP contribution in [0.5, 0.6) is 5.75 Å². The largest absolute Gasteiger partial charge is 0.493 e. The van der Waals surface area contributed by atoms with Crippen LogP contribution in [0.4, 0.5) is 0 Å². The highest BCUT2D eigenvalue weighted by Gasteiger charge is 2.20. The van der Waals surface area contributed by atoms with Gasteiger partial charge in [0.25, 0.3) is 0 Å². The number of rotatable bonds is 13. The third kappa shape index (κ3) is 10.5. The van der Waals surface area contributed by atoms with E-state index in [1.54, 1.807) is 7.11 Å². The summed E-state index contributed by atoms with van der Waals surface area (Å²) in [5, 5.41) is 6.61. The second-order valence-corrected chi connectivity index (χ2v) is 6.95. The van der Waals surface area contributed by atoms with Crippen LogP contribution in [0, 0.1) is 12.8 Å². The molecular formula is C21H36IN3O3. The molecule has 0 bridgehead atoms. The number of hydrogen-bond donors (Lipinski definition) is 2. The molecule has 160 valence electrons. The number of hydrogen-bond acceptors (Lipinski definition) is 4. The van der Waals surface area contributed by atoms with Crippen LogP contribution in [0.25, 0.3) is 0 Å². The first-order valence-corrected chi connectivity index (χ1v) is 10.0. The van der Waals surface area contributed by atoms with Crippen LogP contribution in [-0.4, -0.2) is 52.6 Å². The first kappa shape index (κ1) is 25.0. The fourth-order valence-electron chi connectivity index (χ4n) is 2.59. The van der Waals surface area contributed by atoms with E-state index in [1.165, 1.54) is 18.4 Å². The van der Waals surface area contributed by atoms with Crippen molar-refractivity contribution in [2.45, 2.75) is 39.7 Å². The predicted molar refractivity (Wildman–Crippen MR) is 125 cm³/mol. The number of halogens is 1. The summed E-state index contributed by atoms with van der Waals surface area (Å²) in [5.41, 5.74) is 2.27. The second-order valence-electron chi connectivity index (χ2n) is 6.95. The number of ether oxygens (including phenoxy) is 3. The highest BCUT2D eigenvalue weighted by atomic mass is 127. The van der Waals surface area contributed by atoms with Crippen LogP contribution in [-0.2, 0) is 16.0 Å². The summed E-state index contributed by atoms with van der Waals surface area (Å²) in [6, 6.07) is 6.26. The SMILES string of the molecule is CCNC(=NCc1ccc(C)cc1OCCCOC)NCCOCC1CC1.I. The summed E-state index contributed by atoms with van der Waals surface area (Å²) in [7, 11) is 1.71. The summed E-state index contributed by atoms with van der Waals surface area (Å²) in [6.07, 6.45) is 3.52. The second kappa shape index (κ2) is 14.9. The zero-order valence-electron chi connectivity index (χ0n) is 17.5. The molecule has 6 nitrogen and oxygen atoms in total. The molecule has 0 amide bonds. The molecule has 0 saturated heterocycles. The molecule has 0 spiro atoms. The lowest BCUT2D eigenvalue weighted by atomic mass is 10.1. The number of methoxy groups -OCH3 is 1. The van der Waals surface area contributed by atoms with Crippen molar-refractivity contribution in [2.75, 3.05) is 46.6 Å². The maximum Gasteiger partial charge on any atom is 0.191 e. The molecule has 1 aromatic rings. The van der Waals surface area contributed by atoms with Gasteiger partial charge < -0.3 is 24.8 Å². The van der Waals surface area contributed by atoms with Gasteiger partial charge in [0.15, 0.2) is 5.96 Å². The van der Waals surface area contributed by atoms with Gasteiger partial charge in [0.05, 0.1) is 19.8 Å². The Morgan fingerprint density at radius 1 is 1.18 bits per heavy atom. The van der Waals surface area contributed by atoms with E-state index in [-0.39, 0.29) is 24.0 Å². The van der Waals surface area contributed by atoms with Crippen LogP contribution >= 0.6 is 24.0 Å². The Labute approximate surface area is 186 Å². The minimum absolute atomic E-state index is 0. The van der Waals surface area contributed by atoms with Gasteiger partial charge in [0, 0.05) is 45.4 Å². The van der Waals surface area contributed by atoms with Gasteiger partial charge >= 0.3 is 0 Å². The van der Waals surface area contributed by atoms with Crippen LogP contribution in [0.2, 0.25) is 0 Å². The minimum atomic E-state index is 0. The van der Waals surface area contributed by atoms with Crippen molar-refractivity contribution in [3.63, 3.8) is 0 Å². The lowest BCUT2D eigenvalue weighted by molar-refractivity contribution is 0.129. The highest BCUT2D eigenvalue weighted by molar-refractivity contribution is 14.0. The van der Waals surface area contributed by atoms with Gasteiger partial charge in [-0.05, 0) is 44.2 Å². The molecule has 1 fully saturated rings. The topological polar surface area (TPSA) is 64.1 Å². The van der Waals surface area contributed by atoms with Gasteiger partial charge in [-0.15, -0.1) is 24.0 Å². The van der Waals surface area contributed by atoms with Gasteiger partial charge in [-0.25, -0.2) is 4.99 Å². The van der Waals surface area contributed by atoms with Crippen molar-refractivity contribution in [3.8, 4) is 5.75 Å². The van der Waals surface area contributed by atoms with Crippen LogP contribution in [0.15, 0.2) is 23.2 Å². The monoisotopic (exact) mass is 505 g/mol. The van der Waals surface area contributed by atoms with Gasteiger partial charge in [0.2, 0.25) is 0 Å². The fraction of sp³-hybridized carbons (Fsp3) is 0.667. The molecule has 0 aromatic heterocycles. The Morgan fingerprint density at radius 3 is 2.71 bits per heavy atom.